The normalized spacial score (nSPS) is 10.6. The second-order valence-corrected chi connectivity index (χ2v) is 5.31. The lowest BCUT2D eigenvalue weighted by Crippen LogP contribution is -1.91. The van der Waals surface area contributed by atoms with Crippen LogP contribution in [0.5, 0.6) is 17.2 Å². The third kappa shape index (κ3) is 2.83. The van der Waals surface area contributed by atoms with Gasteiger partial charge in [0.25, 0.3) is 0 Å². The summed E-state index contributed by atoms with van der Waals surface area (Å²) in [6.07, 6.45) is 0. The molecule has 0 amide bonds. The number of halogens is 1. The summed E-state index contributed by atoms with van der Waals surface area (Å²) in [6.45, 7) is 0. The number of rotatable bonds is 4. The number of aromatic amines is 1. The highest BCUT2D eigenvalue weighted by Gasteiger charge is 2.17. The maximum absolute atomic E-state index is 10.5. The van der Waals surface area contributed by atoms with Crippen molar-refractivity contribution in [1.29, 1.82) is 0 Å². The van der Waals surface area contributed by atoms with E-state index in [0.717, 1.165) is 11.1 Å². The molecule has 2 N–H and O–H groups in total. The molecule has 0 spiro atoms. The highest BCUT2D eigenvalue weighted by molar-refractivity contribution is 6.30. The van der Waals surface area contributed by atoms with Gasteiger partial charge in [-0.2, -0.15) is 5.10 Å². The van der Waals surface area contributed by atoms with Crippen molar-refractivity contribution in [1.82, 2.24) is 10.2 Å². The molecule has 5 nitrogen and oxygen atoms in total. The monoisotopic (exact) mass is 330 g/mol. The Morgan fingerprint density at radius 3 is 2.26 bits per heavy atom. The molecule has 1 aromatic heterocycles. The van der Waals surface area contributed by atoms with Crippen LogP contribution in [0, 0.1) is 0 Å². The second-order valence-electron chi connectivity index (χ2n) is 4.87. The molecule has 6 heteroatoms. The van der Waals surface area contributed by atoms with E-state index < -0.39 is 0 Å². The van der Waals surface area contributed by atoms with Gasteiger partial charge in [0, 0.05) is 16.1 Å². The molecule has 0 bridgehead atoms. The number of ether oxygens (including phenoxy) is 2. The van der Waals surface area contributed by atoms with Crippen molar-refractivity contribution >= 4 is 11.6 Å². The largest absolute Gasteiger partial charge is 0.504 e. The van der Waals surface area contributed by atoms with Gasteiger partial charge in [-0.3, -0.25) is 5.10 Å². The third-order valence-electron chi connectivity index (χ3n) is 3.53. The number of nitrogens with zero attached hydrogens (tertiary/aromatic N) is 1. The van der Waals surface area contributed by atoms with Gasteiger partial charge in [0.2, 0.25) is 0 Å². The van der Waals surface area contributed by atoms with E-state index in [1.165, 1.54) is 0 Å². The van der Waals surface area contributed by atoms with Crippen molar-refractivity contribution in [3.8, 4) is 39.8 Å². The number of hydrogen-bond donors (Lipinski definition) is 2. The number of nitrogens with one attached hydrogen (secondary N) is 1. The van der Waals surface area contributed by atoms with Crippen molar-refractivity contribution in [2.24, 2.45) is 0 Å². The lowest BCUT2D eigenvalue weighted by atomic mass is 10.1. The zero-order chi connectivity index (χ0) is 16.4. The Balaban J connectivity index is 2.03. The molecule has 0 fully saturated rings. The molecule has 0 radical (unpaired) electrons. The molecule has 118 valence electrons. The van der Waals surface area contributed by atoms with Crippen molar-refractivity contribution in [2.45, 2.75) is 0 Å². The molecular weight excluding hydrogens is 316 g/mol. The van der Waals surface area contributed by atoms with Gasteiger partial charge in [0.05, 0.1) is 14.2 Å². The van der Waals surface area contributed by atoms with Crippen LogP contribution in [0.3, 0.4) is 0 Å². The van der Waals surface area contributed by atoms with E-state index in [2.05, 4.69) is 10.2 Å². The molecule has 2 aromatic carbocycles. The fourth-order valence-corrected chi connectivity index (χ4v) is 2.46. The fraction of sp³-hybridized carbons (Fsp3) is 0.118. The van der Waals surface area contributed by atoms with Crippen LogP contribution < -0.4 is 9.47 Å². The Morgan fingerprint density at radius 1 is 0.957 bits per heavy atom. The summed E-state index contributed by atoms with van der Waals surface area (Å²) in [5.41, 5.74) is 2.49. The van der Waals surface area contributed by atoms with Crippen LogP contribution in [-0.2, 0) is 0 Å². The predicted octanol–water partition coefficient (Wildman–Crippen LogP) is 4.12. The molecule has 0 aliphatic carbocycles. The standard InChI is InChI=1S/C17H15ClN2O3/c1-22-13-8-5-11(9-14(13)23-2)16-17(21)15(19-20-16)10-3-6-12(18)7-4-10/h3-9,21H,1-2H3,(H,19,20). The Bertz CT molecular complexity index is 828. The Morgan fingerprint density at radius 2 is 1.61 bits per heavy atom. The summed E-state index contributed by atoms with van der Waals surface area (Å²) in [6, 6.07) is 12.5. The molecular formula is C17H15ClN2O3. The zero-order valence-corrected chi connectivity index (χ0v) is 13.4. The first-order valence-electron chi connectivity index (χ1n) is 6.89. The van der Waals surface area contributed by atoms with Crippen LogP contribution >= 0.6 is 11.6 Å². The fourth-order valence-electron chi connectivity index (χ4n) is 2.34. The van der Waals surface area contributed by atoms with E-state index in [1.807, 2.05) is 6.07 Å². The van der Waals surface area contributed by atoms with E-state index >= 15 is 0 Å². The number of methoxy groups -OCH3 is 2. The average Bonchev–Trinajstić information content (AvgIpc) is 2.96. The Kier molecular flexibility index (Phi) is 4.12. The quantitative estimate of drug-likeness (QED) is 0.755. The average molecular weight is 331 g/mol. The maximum atomic E-state index is 10.5. The van der Waals surface area contributed by atoms with E-state index in [0.29, 0.717) is 27.9 Å². The van der Waals surface area contributed by atoms with Crippen LogP contribution in [-0.4, -0.2) is 29.5 Å². The lowest BCUT2D eigenvalue weighted by Gasteiger charge is -2.08. The first-order chi connectivity index (χ1) is 11.1. The number of aromatic hydroxyl groups is 1. The van der Waals surface area contributed by atoms with Crippen LogP contribution in [0.2, 0.25) is 5.02 Å². The first-order valence-corrected chi connectivity index (χ1v) is 7.27. The minimum atomic E-state index is 0.0690. The summed E-state index contributed by atoms with van der Waals surface area (Å²) < 4.78 is 10.5. The molecule has 0 unspecified atom stereocenters. The topological polar surface area (TPSA) is 67.4 Å². The van der Waals surface area contributed by atoms with Gasteiger partial charge >= 0.3 is 0 Å². The SMILES string of the molecule is COc1ccc(-c2[nH]nc(-c3ccc(Cl)cc3)c2O)cc1OC. The van der Waals surface area contributed by atoms with Gasteiger partial charge in [0.1, 0.15) is 11.4 Å². The number of benzene rings is 2. The van der Waals surface area contributed by atoms with Crippen molar-refractivity contribution in [3.05, 3.63) is 47.5 Å². The first kappa shape index (κ1) is 15.2. The second kappa shape index (κ2) is 6.22. The molecule has 3 aromatic rings. The number of H-pyrrole nitrogens is 1. The van der Waals surface area contributed by atoms with Crippen LogP contribution in [0.25, 0.3) is 22.5 Å². The highest BCUT2D eigenvalue weighted by Crippen LogP contribution is 2.39. The molecule has 0 aliphatic rings. The molecule has 3 rings (SSSR count). The molecule has 0 saturated carbocycles. The van der Waals surface area contributed by atoms with E-state index in [1.54, 1.807) is 50.6 Å². The van der Waals surface area contributed by atoms with E-state index in [4.69, 9.17) is 21.1 Å². The molecule has 0 aliphatic heterocycles. The third-order valence-corrected chi connectivity index (χ3v) is 3.78. The molecule has 0 atom stereocenters. The van der Waals surface area contributed by atoms with E-state index in [-0.39, 0.29) is 5.75 Å². The Labute approximate surface area is 138 Å². The lowest BCUT2D eigenvalue weighted by molar-refractivity contribution is 0.355. The van der Waals surface area contributed by atoms with Crippen molar-refractivity contribution in [2.75, 3.05) is 14.2 Å². The summed E-state index contributed by atoms with van der Waals surface area (Å²) in [5.74, 6) is 1.26. The van der Waals surface area contributed by atoms with Crippen molar-refractivity contribution < 1.29 is 14.6 Å². The molecule has 0 saturated heterocycles. The molecule has 1 heterocycles. The summed E-state index contributed by atoms with van der Waals surface area (Å²) in [5, 5.41) is 18.2. The highest BCUT2D eigenvalue weighted by atomic mass is 35.5. The number of hydrogen-bond acceptors (Lipinski definition) is 4. The van der Waals surface area contributed by atoms with Crippen LogP contribution in [0.4, 0.5) is 0 Å². The van der Waals surface area contributed by atoms with Gasteiger partial charge < -0.3 is 14.6 Å². The van der Waals surface area contributed by atoms with Gasteiger partial charge in [-0.25, -0.2) is 0 Å². The maximum Gasteiger partial charge on any atom is 0.169 e. The van der Waals surface area contributed by atoms with Gasteiger partial charge in [-0.1, -0.05) is 23.7 Å². The van der Waals surface area contributed by atoms with Gasteiger partial charge in [-0.15, -0.1) is 0 Å². The van der Waals surface area contributed by atoms with Gasteiger partial charge in [0.15, 0.2) is 17.2 Å². The molecule has 23 heavy (non-hydrogen) atoms. The minimum Gasteiger partial charge on any atom is -0.504 e. The Hall–Kier alpha value is -2.66. The van der Waals surface area contributed by atoms with E-state index in [9.17, 15) is 5.11 Å². The zero-order valence-electron chi connectivity index (χ0n) is 12.6. The van der Waals surface area contributed by atoms with Crippen molar-refractivity contribution in [3.63, 3.8) is 0 Å². The van der Waals surface area contributed by atoms with Gasteiger partial charge in [-0.05, 0) is 30.3 Å². The van der Waals surface area contributed by atoms with Crippen LogP contribution in [0.15, 0.2) is 42.5 Å². The summed E-state index contributed by atoms with van der Waals surface area (Å²) in [4.78, 5) is 0. The number of aromatic nitrogens is 2. The summed E-state index contributed by atoms with van der Waals surface area (Å²) in [7, 11) is 3.14. The minimum absolute atomic E-state index is 0.0690. The summed E-state index contributed by atoms with van der Waals surface area (Å²) >= 11 is 5.89. The van der Waals surface area contributed by atoms with Crippen LogP contribution in [0.1, 0.15) is 0 Å². The smallest absolute Gasteiger partial charge is 0.169 e. The predicted molar refractivity (Wildman–Crippen MR) is 89.2 cm³/mol.